The summed E-state index contributed by atoms with van der Waals surface area (Å²) in [4.78, 5) is 34.1. The van der Waals surface area contributed by atoms with Crippen molar-refractivity contribution in [1.29, 1.82) is 0 Å². The molecule has 2 aliphatic carbocycles. The van der Waals surface area contributed by atoms with Crippen LogP contribution in [0, 0.1) is 5.92 Å². The Labute approximate surface area is 191 Å². The first-order valence-electron chi connectivity index (χ1n) is 11.7. The lowest BCUT2D eigenvalue weighted by Crippen LogP contribution is -2.25. The van der Waals surface area contributed by atoms with Crippen molar-refractivity contribution in [1.82, 2.24) is 19.7 Å². The number of rotatable bonds is 6. The number of nitrogens with one attached hydrogen (secondary N) is 2. The first-order valence-corrected chi connectivity index (χ1v) is 12.6. The minimum Gasteiger partial charge on any atom is -0.310 e. The van der Waals surface area contributed by atoms with Crippen molar-refractivity contribution >= 4 is 23.1 Å². The highest BCUT2D eigenvalue weighted by atomic mass is 32.1. The van der Waals surface area contributed by atoms with Gasteiger partial charge in [-0.15, -0.1) is 11.3 Å². The Morgan fingerprint density at radius 2 is 2.03 bits per heavy atom. The van der Waals surface area contributed by atoms with Crippen molar-refractivity contribution in [3.63, 3.8) is 0 Å². The van der Waals surface area contributed by atoms with Gasteiger partial charge in [-0.25, -0.2) is 4.98 Å². The summed E-state index contributed by atoms with van der Waals surface area (Å²) < 4.78 is 1.57. The summed E-state index contributed by atoms with van der Waals surface area (Å²) in [6, 6.07) is 5.83. The molecule has 2 aliphatic rings. The molecule has 0 bridgehead atoms. The molecule has 7 nitrogen and oxygen atoms in total. The fourth-order valence-electron chi connectivity index (χ4n) is 4.88. The van der Waals surface area contributed by atoms with Crippen LogP contribution in [0.1, 0.15) is 69.0 Å². The highest BCUT2D eigenvalue weighted by molar-refractivity contribution is 7.13. The maximum atomic E-state index is 12.8. The summed E-state index contributed by atoms with van der Waals surface area (Å²) in [6.07, 6.45) is 11.4. The zero-order valence-electron chi connectivity index (χ0n) is 18.2. The van der Waals surface area contributed by atoms with Crippen molar-refractivity contribution in [2.75, 3.05) is 5.32 Å². The van der Waals surface area contributed by atoms with E-state index in [2.05, 4.69) is 10.3 Å². The molecule has 1 amide bonds. The van der Waals surface area contributed by atoms with E-state index >= 15 is 0 Å². The zero-order chi connectivity index (χ0) is 21.9. The van der Waals surface area contributed by atoms with Crippen LogP contribution in [0.2, 0.25) is 0 Å². The van der Waals surface area contributed by atoms with Gasteiger partial charge < -0.3 is 5.32 Å². The van der Waals surface area contributed by atoms with Gasteiger partial charge in [0.25, 0.3) is 5.56 Å². The third kappa shape index (κ3) is 4.55. The average Bonchev–Trinajstić information content (AvgIpc) is 3.49. The molecule has 1 saturated carbocycles. The molecule has 0 unspecified atom stereocenters. The molecular formula is C24H29N5O2S. The molecule has 0 radical (unpaired) electrons. The van der Waals surface area contributed by atoms with Gasteiger partial charge in [-0.05, 0) is 49.5 Å². The van der Waals surface area contributed by atoms with E-state index in [0.717, 1.165) is 53.9 Å². The Morgan fingerprint density at radius 3 is 2.84 bits per heavy atom. The zero-order valence-corrected chi connectivity index (χ0v) is 19.0. The van der Waals surface area contributed by atoms with Gasteiger partial charge in [-0.2, -0.15) is 9.78 Å². The number of nitrogens with zero attached hydrogens (tertiary/aromatic N) is 3. The number of thiophene rings is 1. The fraction of sp³-hybridized carbons (Fsp3) is 0.500. The van der Waals surface area contributed by atoms with E-state index in [4.69, 9.17) is 10.1 Å². The highest BCUT2D eigenvalue weighted by Crippen LogP contribution is 2.29. The van der Waals surface area contributed by atoms with Crippen LogP contribution < -0.4 is 10.9 Å². The van der Waals surface area contributed by atoms with Crippen LogP contribution in [-0.2, 0) is 17.6 Å². The van der Waals surface area contributed by atoms with Crippen molar-refractivity contribution in [3.8, 4) is 16.5 Å². The number of hydrogen-bond donors (Lipinski definition) is 2. The quantitative estimate of drug-likeness (QED) is 0.560. The van der Waals surface area contributed by atoms with Crippen molar-refractivity contribution in [2.45, 2.75) is 70.6 Å². The van der Waals surface area contributed by atoms with Gasteiger partial charge in [0, 0.05) is 18.1 Å². The molecule has 3 aromatic rings. The normalized spacial score (nSPS) is 16.6. The van der Waals surface area contributed by atoms with E-state index in [1.54, 1.807) is 16.0 Å². The Bertz CT molecular complexity index is 1140. The van der Waals surface area contributed by atoms with Gasteiger partial charge in [0.1, 0.15) is 11.5 Å². The van der Waals surface area contributed by atoms with Crippen LogP contribution in [0.5, 0.6) is 0 Å². The second kappa shape index (κ2) is 9.40. The maximum Gasteiger partial charge on any atom is 0.255 e. The number of amides is 1. The smallest absolute Gasteiger partial charge is 0.255 e. The molecule has 2 N–H and O–H groups in total. The predicted octanol–water partition coefficient (Wildman–Crippen LogP) is 4.86. The van der Waals surface area contributed by atoms with Gasteiger partial charge in [0.05, 0.1) is 10.6 Å². The number of aromatic amines is 1. The first-order chi connectivity index (χ1) is 15.7. The predicted molar refractivity (Wildman–Crippen MR) is 126 cm³/mol. The maximum absolute atomic E-state index is 12.8. The summed E-state index contributed by atoms with van der Waals surface area (Å²) in [6.45, 7) is 0. The van der Waals surface area contributed by atoms with Crippen molar-refractivity contribution in [2.24, 2.45) is 5.92 Å². The number of H-pyrrole nitrogens is 1. The van der Waals surface area contributed by atoms with Crippen LogP contribution in [0.15, 0.2) is 28.4 Å². The van der Waals surface area contributed by atoms with Crippen LogP contribution in [0.3, 0.4) is 0 Å². The lowest BCUT2D eigenvalue weighted by atomic mass is 9.86. The number of anilines is 1. The van der Waals surface area contributed by atoms with Gasteiger partial charge in [0.15, 0.2) is 0 Å². The third-order valence-electron chi connectivity index (χ3n) is 6.63. The average molecular weight is 452 g/mol. The molecule has 0 aromatic carbocycles. The Kier molecular flexibility index (Phi) is 6.21. The van der Waals surface area contributed by atoms with Gasteiger partial charge in [0.2, 0.25) is 11.9 Å². The van der Waals surface area contributed by atoms with Gasteiger partial charge >= 0.3 is 0 Å². The molecule has 3 aromatic heterocycles. The number of aromatic nitrogens is 4. The molecule has 32 heavy (non-hydrogen) atoms. The molecular weight excluding hydrogens is 422 g/mol. The molecule has 5 rings (SSSR count). The Hall–Kier alpha value is -2.74. The van der Waals surface area contributed by atoms with Crippen LogP contribution in [0.25, 0.3) is 16.5 Å². The molecule has 0 atom stereocenters. The molecule has 0 aliphatic heterocycles. The number of fused-ring (bicyclic) bond motifs is 1. The second-order valence-corrected chi connectivity index (χ2v) is 9.86. The van der Waals surface area contributed by atoms with Crippen LogP contribution >= 0.6 is 11.3 Å². The molecule has 8 heteroatoms. The van der Waals surface area contributed by atoms with E-state index in [9.17, 15) is 9.59 Å². The topological polar surface area (TPSA) is 92.7 Å². The second-order valence-electron chi connectivity index (χ2n) is 8.92. The summed E-state index contributed by atoms with van der Waals surface area (Å²) in [5.74, 6) is 1.54. The van der Waals surface area contributed by atoms with E-state index in [0.29, 0.717) is 24.1 Å². The van der Waals surface area contributed by atoms with Crippen molar-refractivity contribution < 1.29 is 4.79 Å². The summed E-state index contributed by atoms with van der Waals surface area (Å²) in [5.41, 5.74) is 2.27. The highest BCUT2D eigenvalue weighted by Gasteiger charge is 2.21. The minimum atomic E-state index is -0.104. The van der Waals surface area contributed by atoms with E-state index in [1.807, 2.05) is 23.6 Å². The fourth-order valence-corrected chi connectivity index (χ4v) is 5.56. The first kappa shape index (κ1) is 21.1. The number of carbonyl (C=O) groups is 1. The van der Waals surface area contributed by atoms with Crippen LogP contribution in [0.4, 0.5) is 5.82 Å². The van der Waals surface area contributed by atoms with Gasteiger partial charge in [-0.3, -0.25) is 14.6 Å². The minimum absolute atomic E-state index is 0.0187. The summed E-state index contributed by atoms with van der Waals surface area (Å²) in [7, 11) is 0. The van der Waals surface area contributed by atoms with E-state index in [1.165, 1.54) is 32.1 Å². The largest absolute Gasteiger partial charge is 0.310 e. The summed E-state index contributed by atoms with van der Waals surface area (Å²) in [5, 5.41) is 9.73. The van der Waals surface area contributed by atoms with Gasteiger partial charge in [-0.1, -0.05) is 38.2 Å². The van der Waals surface area contributed by atoms with E-state index < -0.39 is 0 Å². The van der Waals surface area contributed by atoms with E-state index in [-0.39, 0.29) is 11.5 Å². The number of hydrogen-bond acceptors (Lipinski definition) is 5. The monoisotopic (exact) mass is 451 g/mol. The molecule has 0 spiro atoms. The SMILES string of the molecule is O=C(CCC1CCCCC1)Nc1cc(-c2cccs2)nn1-c1nc2c(c(=O)[nH]1)CCCC2. The van der Waals surface area contributed by atoms with Crippen LogP contribution in [-0.4, -0.2) is 25.7 Å². The Morgan fingerprint density at radius 1 is 1.19 bits per heavy atom. The van der Waals surface area contributed by atoms with Crippen molar-refractivity contribution in [3.05, 3.63) is 45.2 Å². The summed E-state index contributed by atoms with van der Waals surface area (Å²) >= 11 is 1.59. The molecule has 168 valence electrons. The Balaban J connectivity index is 1.42. The number of carbonyl (C=O) groups excluding carboxylic acids is 1. The number of aryl methyl sites for hydroxylation is 1. The molecule has 3 heterocycles. The molecule has 1 fully saturated rings. The lowest BCUT2D eigenvalue weighted by molar-refractivity contribution is -0.116. The molecule has 0 saturated heterocycles. The standard InChI is InChI=1S/C24H29N5O2S/c30-22(13-12-16-7-2-1-3-8-16)26-21-15-19(20-11-6-14-32-20)28-29(21)24-25-18-10-5-4-9-17(18)23(31)27-24/h6,11,14-16H,1-5,7-10,12-13H2,(H,26,30)(H,25,27,31). The third-order valence-corrected chi connectivity index (χ3v) is 7.53. The lowest BCUT2D eigenvalue weighted by Gasteiger charge is -2.21.